The summed E-state index contributed by atoms with van der Waals surface area (Å²) in [5.74, 6) is -8.48. The van der Waals surface area contributed by atoms with Gasteiger partial charge in [0, 0.05) is 0 Å². The Morgan fingerprint density at radius 1 is 0.475 bits per heavy atom. The van der Waals surface area contributed by atoms with Gasteiger partial charge in [-0.15, -0.1) is 0 Å². The zero-order chi connectivity index (χ0) is 31.5. The third kappa shape index (κ3) is 9.04. The molecule has 0 saturated carbocycles. The molecule has 0 spiro atoms. The van der Waals surface area contributed by atoms with E-state index in [0.29, 0.717) is 0 Å². The van der Waals surface area contributed by atoms with E-state index in [1.807, 2.05) is 0 Å². The molecule has 4 amide bonds. The van der Waals surface area contributed by atoms with Gasteiger partial charge >= 0.3 is 11.9 Å². The Hall–Kier alpha value is -4.00. The van der Waals surface area contributed by atoms with Crippen LogP contribution in [0.5, 0.6) is 0 Å². The molecule has 0 bridgehead atoms. The highest BCUT2D eigenvalue weighted by Gasteiger charge is 2.59. The van der Waals surface area contributed by atoms with Gasteiger partial charge in [0.2, 0.25) is 0 Å². The highest BCUT2D eigenvalue weighted by molar-refractivity contribution is 6.37. The first-order valence-electron chi connectivity index (χ1n) is 11.7. The van der Waals surface area contributed by atoms with Gasteiger partial charge in [0.15, 0.2) is 11.6 Å². The Morgan fingerprint density at radius 3 is 0.800 bits per heavy atom. The molecular formula is C22H40N8O10. The molecule has 0 unspecified atom stereocenters. The maximum atomic E-state index is 12.1. The summed E-state index contributed by atoms with van der Waals surface area (Å²) in [7, 11) is 8.20. The first-order valence-corrected chi connectivity index (χ1v) is 11.7. The van der Waals surface area contributed by atoms with Gasteiger partial charge < -0.3 is 52.0 Å². The second-order valence-electron chi connectivity index (χ2n) is 7.74. The zero-order valence-corrected chi connectivity index (χ0v) is 23.9. The van der Waals surface area contributed by atoms with E-state index in [1.54, 1.807) is 28.2 Å². The summed E-state index contributed by atoms with van der Waals surface area (Å²) in [6, 6.07) is 0. The van der Waals surface area contributed by atoms with E-state index in [2.05, 4.69) is 52.0 Å². The van der Waals surface area contributed by atoms with Gasteiger partial charge in [0.25, 0.3) is 34.5 Å². The molecule has 0 heterocycles. The van der Waals surface area contributed by atoms with Crippen molar-refractivity contribution < 1.29 is 47.8 Å². The lowest BCUT2D eigenvalue weighted by molar-refractivity contribution is -0.170. The molecule has 0 aromatic carbocycles. The molecule has 0 aromatic rings. The average molecular weight is 577 g/mol. The van der Waals surface area contributed by atoms with Crippen molar-refractivity contribution in [3.8, 4) is 0 Å². The quantitative estimate of drug-likeness (QED) is 0.0485. The van der Waals surface area contributed by atoms with E-state index < -0.39 is 58.0 Å². The number of hydrogen-bond acceptors (Lipinski definition) is 14. The van der Waals surface area contributed by atoms with Gasteiger partial charge in [0.05, 0.1) is 40.9 Å². The van der Waals surface area contributed by atoms with Crippen LogP contribution in [0.25, 0.3) is 0 Å². The highest BCUT2D eigenvalue weighted by Crippen LogP contribution is 2.23. The summed E-state index contributed by atoms with van der Waals surface area (Å²) in [5.41, 5.74) is -5.11. The van der Waals surface area contributed by atoms with Crippen molar-refractivity contribution in [2.24, 2.45) is 10.8 Å². The van der Waals surface area contributed by atoms with Gasteiger partial charge in [-0.3, -0.25) is 28.8 Å². The number of hydrogen-bond donors (Lipinski definition) is 8. The smallest absolute Gasteiger partial charge is 0.338 e. The SMILES string of the molecule is CNCNC(=O)C(C(C)=O)(C(=O)NCNC)C(=O)OC.CNCNC(=O)C(C(C)=O)(C(=O)NCNC)C(=O)OC. The Balaban J connectivity index is 0. The first-order chi connectivity index (χ1) is 18.8. The van der Waals surface area contributed by atoms with Crippen LogP contribution in [-0.2, 0) is 47.8 Å². The maximum absolute atomic E-state index is 12.1. The average Bonchev–Trinajstić information content (AvgIpc) is 2.92. The van der Waals surface area contributed by atoms with E-state index >= 15 is 0 Å². The molecule has 8 N–H and O–H groups in total. The van der Waals surface area contributed by atoms with Crippen molar-refractivity contribution in [1.29, 1.82) is 0 Å². The number of methoxy groups -OCH3 is 2. The fourth-order valence-corrected chi connectivity index (χ4v) is 3.02. The Bertz CT molecular complexity index is 827. The van der Waals surface area contributed by atoms with E-state index in [9.17, 15) is 38.4 Å². The summed E-state index contributed by atoms with van der Waals surface area (Å²) in [5, 5.41) is 19.5. The van der Waals surface area contributed by atoms with Crippen molar-refractivity contribution in [2.75, 3.05) is 69.1 Å². The summed E-state index contributed by atoms with van der Waals surface area (Å²) in [6.45, 7) is 1.92. The lowest BCUT2D eigenvalue weighted by Crippen LogP contribution is -2.61. The summed E-state index contributed by atoms with van der Waals surface area (Å²) in [4.78, 5) is 95.8. The van der Waals surface area contributed by atoms with E-state index in [0.717, 1.165) is 28.1 Å². The number of esters is 2. The van der Waals surface area contributed by atoms with Crippen molar-refractivity contribution in [3.05, 3.63) is 0 Å². The monoisotopic (exact) mass is 576 g/mol. The topological polar surface area (TPSA) is 251 Å². The van der Waals surface area contributed by atoms with E-state index in [-0.39, 0.29) is 26.7 Å². The van der Waals surface area contributed by atoms with Crippen LogP contribution in [-0.4, -0.2) is 116 Å². The van der Waals surface area contributed by atoms with Crippen LogP contribution in [0.1, 0.15) is 13.8 Å². The van der Waals surface area contributed by atoms with Crippen LogP contribution in [0.15, 0.2) is 0 Å². The van der Waals surface area contributed by atoms with Gasteiger partial charge in [-0.25, -0.2) is 9.59 Å². The number of amides is 4. The Labute approximate surface area is 231 Å². The van der Waals surface area contributed by atoms with Crippen LogP contribution in [0.3, 0.4) is 0 Å². The molecule has 0 fully saturated rings. The Kier molecular flexibility index (Phi) is 18.2. The van der Waals surface area contributed by atoms with Crippen molar-refractivity contribution in [3.63, 3.8) is 0 Å². The molecule has 228 valence electrons. The normalized spacial score (nSPS) is 10.6. The number of carbonyl (C=O) groups excluding carboxylic acids is 8. The van der Waals surface area contributed by atoms with E-state index in [4.69, 9.17) is 0 Å². The molecule has 18 nitrogen and oxygen atoms in total. The van der Waals surface area contributed by atoms with Gasteiger partial charge in [0.1, 0.15) is 0 Å². The standard InChI is InChI=1S/2C11H20N4O5/c2*1-7(16)11(10(19)20-4,8(17)14-5-12-2)9(18)15-6-13-3/h2*12-13H,5-6H2,1-4H3,(H,14,17)(H,15,18). The van der Waals surface area contributed by atoms with Crippen LogP contribution in [0.4, 0.5) is 0 Å². The zero-order valence-electron chi connectivity index (χ0n) is 23.9. The molecule has 0 radical (unpaired) electrons. The fourth-order valence-electron chi connectivity index (χ4n) is 3.02. The number of nitrogens with one attached hydrogen (secondary N) is 8. The van der Waals surface area contributed by atoms with Gasteiger partial charge in [-0.05, 0) is 42.0 Å². The minimum Gasteiger partial charge on any atom is -0.467 e. The minimum absolute atomic E-state index is 0.00976. The van der Waals surface area contributed by atoms with Crippen molar-refractivity contribution in [1.82, 2.24) is 42.5 Å². The highest BCUT2D eigenvalue weighted by atomic mass is 16.5. The molecule has 0 aliphatic carbocycles. The summed E-state index contributed by atoms with van der Waals surface area (Å²) >= 11 is 0. The number of ether oxygens (including phenoxy) is 2. The fraction of sp³-hybridized carbons (Fsp3) is 0.636. The molecule has 0 aliphatic heterocycles. The third-order valence-electron chi connectivity index (χ3n) is 5.10. The molecule has 18 heteroatoms. The molecule has 0 atom stereocenters. The number of ketones is 2. The predicted octanol–water partition coefficient (Wildman–Crippen LogP) is -5.36. The molecular weight excluding hydrogens is 536 g/mol. The predicted molar refractivity (Wildman–Crippen MR) is 139 cm³/mol. The van der Waals surface area contributed by atoms with Crippen LogP contribution in [0, 0.1) is 10.8 Å². The molecule has 0 saturated heterocycles. The lowest BCUT2D eigenvalue weighted by atomic mass is 9.81. The van der Waals surface area contributed by atoms with Crippen LogP contribution in [0.2, 0.25) is 0 Å². The maximum Gasteiger partial charge on any atom is 0.338 e. The van der Waals surface area contributed by atoms with Crippen molar-refractivity contribution in [2.45, 2.75) is 13.8 Å². The Morgan fingerprint density at radius 2 is 0.675 bits per heavy atom. The van der Waals surface area contributed by atoms with Crippen molar-refractivity contribution >= 4 is 47.1 Å². The van der Waals surface area contributed by atoms with Gasteiger partial charge in [-0.1, -0.05) is 0 Å². The number of Topliss-reactive ketones (excluding diaryl/α,β-unsaturated/α-hetero) is 2. The third-order valence-corrected chi connectivity index (χ3v) is 5.10. The lowest BCUT2D eigenvalue weighted by Gasteiger charge is -2.25. The van der Waals surface area contributed by atoms with Gasteiger partial charge in [-0.2, -0.15) is 0 Å². The number of rotatable bonds is 16. The minimum atomic E-state index is -2.55. The number of carbonyl (C=O) groups is 8. The molecule has 0 rings (SSSR count). The van der Waals surface area contributed by atoms with Crippen LogP contribution < -0.4 is 42.5 Å². The second-order valence-corrected chi connectivity index (χ2v) is 7.74. The largest absolute Gasteiger partial charge is 0.467 e. The molecule has 40 heavy (non-hydrogen) atoms. The summed E-state index contributed by atoms with van der Waals surface area (Å²) in [6.07, 6.45) is 0. The summed E-state index contributed by atoms with van der Waals surface area (Å²) < 4.78 is 8.91. The first kappa shape index (κ1) is 38.1. The second kappa shape index (κ2) is 19.1. The van der Waals surface area contributed by atoms with Crippen LogP contribution >= 0.6 is 0 Å². The molecule has 0 aliphatic rings. The molecule has 0 aromatic heterocycles. The van der Waals surface area contributed by atoms with E-state index in [1.165, 1.54) is 0 Å².